The summed E-state index contributed by atoms with van der Waals surface area (Å²) in [6.07, 6.45) is 1.59. The first kappa shape index (κ1) is 18.4. The van der Waals surface area contributed by atoms with E-state index in [9.17, 15) is 5.11 Å². The molecule has 6 heteroatoms. The standard InChI is InChI=1S/C21H24ClNO4/c22-17-4-1-2-6-19(17)27-14-16(24)13-23-9-3-5-18(23)15-7-8-20-21(12-15)26-11-10-25-20/h1-2,4,6-8,12,16,18,24H,3,5,9-11,13-14H2. The summed E-state index contributed by atoms with van der Waals surface area (Å²) in [5, 5.41) is 11.0. The van der Waals surface area contributed by atoms with Crippen LogP contribution in [0.2, 0.25) is 5.02 Å². The fourth-order valence-corrected chi connectivity index (χ4v) is 3.95. The summed E-state index contributed by atoms with van der Waals surface area (Å²) in [5.41, 5.74) is 1.20. The van der Waals surface area contributed by atoms with Gasteiger partial charge in [-0.25, -0.2) is 0 Å². The Bertz CT molecular complexity index is 785. The SMILES string of the molecule is OC(COc1ccccc1Cl)CN1CCCC1c1ccc2c(c1)OCCO2. The first-order chi connectivity index (χ1) is 13.2. The molecule has 4 rings (SSSR count). The number of halogens is 1. The molecule has 2 aromatic carbocycles. The van der Waals surface area contributed by atoms with Gasteiger partial charge in [-0.15, -0.1) is 0 Å². The minimum absolute atomic E-state index is 0.216. The number of benzene rings is 2. The summed E-state index contributed by atoms with van der Waals surface area (Å²) in [5.74, 6) is 2.22. The number of fused-ring (bicyclic) bond motifs is 1. The molecular formula is C21H24ClNO4. The molecular weight excluding hydrogens is 366 g/mol. The van der Waals surface area contributed by atoms with Gasteiger partial charge < -0.3 is 19.3 Å². The monoisotopic (exact) mass is 389 g/mol. The zero-order valence-corrected chi connectivity index (χ0v) is 15.9. The van der Waals surface area contributed by atoms with Gasteiger partial charge in [-0.2, -0.15) is 0 Å². The van der Waals surface area contributed by atoms with Gasteiger partial charge in [0.2, 0.25) is 0 Å². The highest BCUT2D eigenvalue weighted by molar-refractivity contribution is 6.32. The van der Waals surface area contributed by atoms with Crippen LogP contribution >= 0.6 is 11.6 Å². The number of hydrogen-bond donors (Lipinski definition) is 1. The Morgan fingerprint density at radius 1 is 1.15 bits per heavy atom. The Kier molecular flexibility index (Phi) is 5.72. The summed E-state index contributed by atoms with van der Waals surface area (Å²) >= 11 is 6.10. The van der Waals surface area contributed by atoms with Crippen LogP contribution < -0.4 is 14.2 Å². The van der Waals surface area contributed by atoms with Crippen molar-refractivity contribution in [3.63, 3.8) is 0 Å². The highest BCUT2D eigenvalue weighted by Crippen LogP contribution is 2.38. The molecule has 2 unspecified atom stereocenters. The summed E-state index contributed by atoms with van der Waals surface area (Å²) in [6, 6.07) is 13.7. The van der Waals surface area contributed by atoms with E-state index in [1.165, 1.54) is 5.56 Å². The van der Waals surface area contributed by atoms with Crippen molar-refractivity contribution in [3.05, 3.63) is 53.1 Å². The maximum Gasteiger partial charge on any atom is 0.161 e. The van der Waals surface area contributed by atoms with Gasteiger partial charge in [-0.3, -0.25) is 4.90 Å². The smallest absolute Gasteiger partial charge is 0.161 e. The molecule has 5 nitrogen and oxygen atoms in total. The van der Waals surface area contributed by atoms with Gasteiger partial charge in [-0.05, 0) is 49.2 Å². The normalized spacial score (nSPS) is 20.4. The molecule has 144 valence electrons. The molecule has 0 radical (unpaired) electrons. The Labute approximate surface area is 164 Å². The molecule has 1 saturated heterocycles. The first-order valence-electron chi connectivity index (χ1n) is 9.40. The summed E-state index contributed by atoms with van der Waals surface area (Å²) in [4.78, 5) is 2.31. The number of nitrogens with zero attached hydrogens (tertiary/aromatic N) is 1. The first-order valence-corrected chi connectivity index (χ1v) is 9.77. The van der Waals surface area contributed by atoms with Crippen LogP contribution in [0.25, 0.3) is 0 Å². The van der Waals surface area contributed by atoms with Crippen LogP contribution in [-0.2, 0) is 0 Å². The molecule has 2 heterocycles. The van der Waals surface area contributed by atoms with Gasteiger partial charge in [0.25, 0.3) is 0 Å². The number of para-hydroxylation sites is 1. The molecule has 0 aromatic heterocycles. The van der Waals surface area contributed by atoms with E-state index in [2.05, 4.69) is 17.0 Å². The molecule has 27 heavy (non-hydrogen) atoms. The van der Waals surface area contributed by atoms with E-state index in [1.807, 2.05) is 24.3 Å². The Morgan fingerprint density at radius 2 is 1.96 bits per heavy atom. The van der Waals surface area contributed by atoms with Gasteiger partial charge in [0.15, 0.2) is 11.5 Å². The van der Waals surface area contributed by atoms with E-state index in [-0.39, 0.29) is 12.6 Å². The van der Waals surface area contributed by atoms with Crippen molar-refractivity contribution >= 4 is 11.6 Å². The van der Waals surface area contributed by atoms with Gasteiger partial charge in [0.1, 0.15) is 31.7 Å². The quantitative estimate of drug-likeness (QED) is 0.816. The number of rotatable bonds is 6. The lowest BCUT2D eigenvalue weighted by molar-refractivity contribution is 0.0638. The largest absolute Gasteiger partial charge is 0.489 e. The molecule has 2 atom stereocenters. The van der Waals surface area contributed by atoms with Gasteiger partial charge in [0.05, 0.1) is 5.02 Å². The van der Waals surface area contributed by atoms with E-state index >= 15 is 0 Å². The highest BCUT2D eigenvalue weighted by Gasteiger charge is 2.29. The van der Waals surface area contributed by atoms with Gasteiger partial charge >= 0.3 is 0 Å². The zero-order chi connectivity index (χ0) is 18.6. The van der Waals surface area contributed by atoms with E-state index < -0.39 is 6.10 Å². The Balaban J connectivity index is 1.37. The summed E-state index contributed by atoms with van der Waals surface area (Å²) in [6.45, 7) is 2.92. The van der Waals surface area contributed by atoms with Crippen LogP contribution in [0, 0.1) is 0 Å². The second-order valence-corrected chi connectivity index (χ2v) is 7.36. The van der Waals surface area contributed by atoms with Crippen molar-refractivity contribution in [1.29, 1.82) is 0 Å². The molecule has 0 bridgehead atoms. The lowest BCUT2D eigenvalue weighted by Crippen LogP contribution is -2.35. The molecule has 0 aliphatic carbocycles. The number of aliphatic hydroxyl groups is 1. The van der Waals surface area contributed by atoms with Crippen LogP contribution in [0.5, 0.6) is 17.2 Å². The molecule has 1 fully saturated rings. The second kappa shape index (κ2) is 8.38. The van der Waals surface area contributed by atoms with Crippen molar-refractivity contribution in [3.8, 4) is 17.2 Å². The molecule has 2 aromatic rings. The summed E-state index contributed by atoms with van der Waals surface area (Å²) in [7, 11) is 0. The van der Waals surface area contributed by atoms with Crippen molar-refractivity contribution < 1.29 is 19.3 Å². The molecule has 1 N–H and O–H groups in total. The van der Waals surface area contributed by atoms with E-state index in [1.54, 1.807) is 6.07 Å². The second-order valence-electron chi connectivity index (χ2n) is 6.95. The van der Waals surface area contributed by atoms with Crippen LogP contribution in [0.3, 0.4) is 0 Å². The topological polar surface area (TPSA) is 51.2 Å². The van der Waals surface area contributed by atoms with Gasteiger partial charge in [-0.1, -0.05) is 29.8 Å². The maximum atomic E-state index is 10.5. The Hall–Kier alpha value is -1.95. The predicted octanol–water partition coefficient (Wildman–Crippen LogP) is 3.69. The van der Waals surface area contributed by atoms with E-state index in [0.717, 1.165) is 30.9 Å². The van der Waals surface area contributed by atoms with Crippen LogP contribution in [0.1, 0.15) is 24.4 Å². The van der Waals surface area contributed by atoms with Crippen molar-refractivity contribution in [1.82, 2.24) is 4.90 Å². The summed E-state index contributed by atoms with van der Waals surface area (Å²) < 4.78 is 17.0. The minimum atomic E-state index is -0.584. The zero-order valence-electron chi connectivity index (χ0n) is 15.1. The average molecular weight is 390 g/mol. The lowest BCUT2D eigenvalue weighted by atomic mass is 10.0. The third-order valence-electron chi connectivity index (χ3n) is 5.03. The van der Waals surface area contributed by atoms with E-state index in [4.69, 9.17) is 25.8 Å². The molecule has 0 amide bonds. The average Bonchev–Trinajstić information content (AvgIpc) is 3.15. The molecule has 2 aliphatic heterocycles. The number of hydrogen-bond acceptors (Lipinski definition) is 5. The molecule has 0 saturated carbocycles. The Morgan fingerprint density at radius 3 is 2.81 bits per heavy atom. The third-order valence-corrected chi connectivity index (χ3v) is 5.34. The minimum Gasteiger partial charge on any atom is -0.489 e. The molecule has 0 spiro atoms. The highest BCUT2D eigenvalue weighted by atomic mass is 35.5. The van der Waals surface area contributed by atoms with Crippen LogP contribution in [-0.4, -0.2) is 49.0 Å². The van der Waals surface area contributed by atoms with Gasteiger partial charge in [0, 0.05) is 12.6 Å². The van der Waals surface area contributed by atoms with Crippen LogP contribution in [0.15, 0.2) is 42.5 Å². The fourth-order valence-electron chi connectivity index (χ4n) is 3.76. The fraction of sp³-hybridized carbons (Fsp3) is 0.429. The van der Waals surface area contributed by atoms with Crippen LogP contribution in [0.4, 0.5) is 0 Å². The third kappa shape index (κ3) is 4.32. The number of likely N-dealkylation sites (tertiary alicyclic amines) is 1. The predicted molar refractivity (Wildman–Crippen MR) is 104 cm³/mol. The number of aliphatic hydroxyl groups excluding tert-OH is 1. The molecule has 2 aliphatic rings. The van der Waals surface area contributed by atoms with Crippen molar-refractivity contribution in [2.45, 2.75) is 25.0 Å². The lowest BCUT2D eigenvalue weighted by Gasteiger charge is -2.28. The van der Waals surface area contributed by atoms with Crippen molar-refractivity contribution in [2.75, 3.05) is 32.9 Å². The number of β-amino-alcohol motifs (C(OH)–C–C–N with tert-alkyl or cyclic N) is 1. The van der Waals surface area contributed by atoms with Crippen molar-refractivity contribution in [2.24, 2.45) is 0 Å². The maximum absolute atomic E-state index is 10.5. The van der Waals surface area contributed by atoms with E-state index in [0.29, 0.717) is 30.5 Å². The number of ether oxygens (including phenoxy) is 3.